The minimum Gasteiger partial charge on any atom is -0.469 e. The van der Waals surface area contributed by atoms with Crippen LogP contribution in [0.2, 0.25) is 5.02 Å². The third kappa shape index (κ3) is 3.74. The first kappa shape index (κ1) is 15.8. The number of benzene rings is 1. The summed E-state index contributed by atoms with van der Waals surface area (Å²) in [4.78, 5) is 25.6. The number of ether oxygens (including phenoxy) is 2. The van der Waals surface area contributed by atoms with Gasteiger partial charge >= 0.3 is 5.97 Å². The van der Waals surface area contributed by atoms with Gasteiger partial charge in [-0.05, 0) is 24.6 Å². The van der Waals surface area contributed by atoms with Gasteiger partial charge in [0, 0.05) is 23.7 Å². The second kappa shape index (κ2) is 6.91. The van der Waals surface area contributed by atoms with Crippen molar-refractivity contribution in [2.45, 2.75) is 19.4 Å². The van der Waals surface area contributed by atoms with Crippen LogP contribution in [0.3, 0.4) is 0 Å². The quantitative estimate of drug-likeness (QED) is 0.802. The minimum absolute atomic E-state index is 0.0897. The van der Waals surface area contributed by atoms with Crippen LogP contribution in [0.5, 0.6) is 0 Å². The Morgan fingerprint density at radius 3 is 2.95 bits per heavy atom. The highest BCUT2D eigenvalue weighted by molar-refractivity contribution is 6.31. The van der Waals surface area contributed by atoms with E-state index in [-0.39, 0.29) is 24.4 Å². The molecule has 2 rings (SSSR count). The predicted octanol–water partition coefficient (Wildman–Crippen LogP) is 2.05. The van der Waals surface area contributed by atoms with Gasteiger partial charge in [0.2, 0.25) is 0 Å². The second-order valence-corrected chi connectivity index (χ2v) is 5.34. The minimum atomic E-state index is -0.340. The van der Waals surface area contributed by atoms with E-state index >= 15 is 0 Å². The largest absolute Gasteiger partial charge is 0.469 e. The van der Waals surface area contributed by atoms with E-state index < -0.39 is 0 Å². The molecule has 1 amide bonds. The van der Waals surface area contributed by atoms with E-state index in [2.05, 4.69) is 4.74 Å². The number of methoxy groups -OCH3 is 1. The van der Waals surface area contributed by atoms with Crippen molar-refractivity contribution in [3.8, 4) is 0 Å². The van der Waals surface area contributed by atoms with E-state index in [1.807, 2.05) is 6.92 Å². The van der Waals surface area contributed by atoms with Crippen LogP contribution >= 0.6 is 11.6 Å². The first-order valence-corrected chi connectivity index (χ1v) is 7.13. The topological polar surface area (TPSA) is 55.8 Å². The van der Waals surface area contributed by atoms with Gasteiger partial charge in [0.05, 0.1) is 26.2 Å². The number of esters is 1. The molecule has 0 N–H and O–H groups in total. The molecule has 1 fully saturated rings. The van der Waals surface area contributed by atoms with Gasteiger partial charge in [-0.1, -0.05) is 17.7 Å². The highest BCUT2D eigenvalue weighted by Gasteiger charge is 2.27. The van der Waals surface area contributed by atoms with Gasteiger partial charge in [0.25, 0.3) is 5.91 Å². The monoisotopic (exact) mass is 311 g/mol. The molecule has 1 atom stereocenters. The molecule has 0 aromatic heterocycles. The molecule has 1 heterocycles. The van der Waals surface area contributed by atoms with Gasteiger partial charge in [-0.2, -0.15) is 0 Å². The molecule has 1 aromatic rings. The van der Waals surface area contributed by atoms with Crippen LogP contribution in [0.15, 0.2) is 18.2 Å². The van der Waals surface area contributed by atoms with Crippen molar-refractivity contribution in [2.24, 2.45) is 0 Å². The van der Waals surface area contributed by atoms with E-state index in [4.69, 9.17) is 16.3 Å². The average Bonchev–Trinajstić information content (AvgIpc) is 2.49. The summed E-state index contributed by atoms with van der Waals surface area (Å²) in [5.74, 6) is -0.429. The van der Waals surface area contributed by atoms with Crippen molar-refractivity contribution in [3.05, 3.63) is 34.3 Å². The summed E-state index contributed by atoms with van der Waals surface area (Å²) in [5.41, 5.74) is 1.35. The zero-order chi connectivity index (χ0) is 15.4. The molecular formula is C15H18ClNO4. The molecule has 0 spiro atoms. The van der Waals surface area contributed by atoms with E-state index in [9.17, 15) is 9.59 Å². The van der Waals surface area contributed by atoms with Gasteiger partial charge in [0.1, 0.15) is 0 Å². The average molecular weight is 312 g/mol. The maximum atomic E-state index is 12.6. The van der Waals surface area contributed by atoms with Crippen LogP contribution in [0.25, 0.3) is 0 Å². The lowest BCUT2D eigenvalue weighted by atomic mass is 10.1. The summed E-state index contributed by atoms with van der Waals surface area (Å²) in [5, 5.41) is 0.570. The maximum absolute atomic E-state index is 12.6. The zero-order valence-electron chi connectivity index (χ0n) is 12.1. The highest BCUT2D eigenvalue weighted by Crippen LogP contribution is 2.21. The lowest BCUT2D eigenvalue weighted by Crippen LogP contribution is -2.46. The van der Waals surface area contributed by atoms with E-state index in [1.54, 1.807) is 23.1 Å². The van der Waals surface area contributed by atoms with Gasteiger partial charge in [-0.25, -0.2) is 0 Å². The highest BCUT2D eigenvalue weighted by atomic mass is 35.5. The van der Waals surface area contributed by atoms with E-state index in [1.165, 1.54) is 7.11 Å². The van der Waals surface area contributed by atoms with Crippen molar-refractivity contribution < 1.29 is 19.1 Å². The number of halogens is 1. The molecule has 1 aliphatic rings. The summed E-state index contributed by atoms with van der Waals surface area (Å²) >= 11 is 6.06. The summed E-state index contributed by atoms with van der Waals surface area (Å²) in [7, 11) is 1.34. The third-order valence-corrected chi connectivity index (χ3v) is 3.96. The lowest BCUT2D eigenvalue weighted by molar-refractivity contribution is -0.145. The van der Waals surface area contributed by atoms with Crippen molar-refractivity contribution in [2.75, 3.05) is 26.8 Å². The number of carbonyl (C=O) groups is 2. The molecule has 5 nitrogen and oxygen atoms in total. The Morgan fingerprint density at radius 2 is 2.24 bits per heavy atom. The van der Waals surface area contributed by atoms with Crippen molar-refractivity contribution in [1.82, 2.24) is 4.90 Å². The number of amides is 1. The fraction of sp³-hybridized carbons (Fsp3) is 0.467. The molecule has 0 radical (unpaired) electrons. The van der Waals surface area contributed by atoms with Gasteiger partial charge < -0.3 is 14.4 Å². The van der Waals surface area contributed by atoms with Crippen molar-refractivity contribution in [1.29, 1.82) is 0 Å². The Labute approximate surface area is 128 Å². The number of hydrogen-bond acceptors (Lipinski definition) is 4. The molecular weight excluding hydrogens is 294 g/mol. The molecule has 1 unspecified atom stereocenters. The summed E-state index contributed by atoms with van der Waals surface area (Å²) in [6, 6.07) is 5.27. The first-order chi connectivity index (χ1) is 10.0. The molecule has 1 aromatic carbocycles. The Morgan fingerprint density at radius 1 is 1.48 bits per heavy atom. The maximum Gasteiger partial charge on any atom is 0.308 e. The first-order valence-electron chi connectivity index (χ1n) is 6.75. The Bertz CT molecular complexity index is 546. The SMILES string of the molecule is COC(=O)CC1CN(C(=O)c2cccc(Cl)c2C)CCO1. The fourth-order valence-corrected chi connectivity index (χ4v) is 2.48. The normalized spacial score (nSPS) is 18.4. The van der Waals surface area contributed by atoms with Crippen LogP contribution in [-0.2, 0) is 14.3 Å². The summed E-state index contributed by atoms with van der Waals surface area (Å²) in [6.45, 7) is 3.11. The van der Waals surface area contributed by atoms with Crippen LogP contribution in [0.4, 0.5) is 0 Å². The lowest BCUT2D eigenvalue weighted by Gasteiger charge is -2.33. The van der Waals surface area contributed by atoms with Crippen LogP contribution in [-0.4, -0.2) is 49.7 Å². The standard InChI is InChI=1S/C15H18ClNO4/c1-10-12(4-3-5-13(10)16)15(19)17-6-7-21-11(9-17)8-14(18)20-2/h3-5,11H,6-9H2,1-2H3. The van der Waals surface area contributed by atoms with Gasteiger partial charge in [-0.3, -0.25) is 9.59 Å². The van der Waals surface area contributed by atoms with E-state index in [0.717, 1.165) is 5.56 Å². The number of carbonyl (C=O) groups excluding carboxylic acids is 2. The Hall–Kier alpha value is -1.59. The predicted molar refractivity (Wildman–Crippen MR) is 78.5 cm³/mol. The fourth-order valence-electron chi connectivity index (χ4n) is 2.31. The number of hydrogen-bond donors (Lipinski definition) is 0. The zero-order valence-corrected chi connectivity index (χ0v) is 12.9. The Balaban J connectivity index is 2.08. The van der Waals surface area contributed by atoms with E-state index in [0.29, 0.717) is 30.3 Å². The molecule has 0 bridgehead atoms. The summed E-state index contributed by atoms with van der Waals surface area (Å²) in [6.07, 6.45) is -0.177. The third-order valence-electron chi connectivity index (χ3n) is 3.55. The van der Waals surface area contributed by atoms with Gasteiger partial charge in [0.15, 0.2) is 0 Å². The van der Waals surface area contributed by atoms with Gasteiger partial charge in [-0.15, -0.1) is 0 Å². The molecule has 0 saturated carbocycles. The summed E-state index contributed by atoms with van der Waals surface area (Å²) < 4.78 is 10.1. The second-order valence-electron chi connectivity index (χ2n) is 4.94. The van der Waals surface area contributed by atoms with Crippen molar-refractivity contribution in [3.63, 3.8) is 0 Å². The number of rotatable bonds is 3. The molecule has 1 saturated heterocycles. The molecule has 114 valence electrons. The van der Waals surface area contributed by atoms with Crippen molar-refractivity contribution >= 4 is 23.5 Å². The van der Waals surface area contributed by atoms with Crippen LogP contribution < -0.4 is 0 Å². The smallest absolute Gasteiger partial charge is 0.308 e. The number of nitrogens with zero attached hydrogens (tertiary/aromatic N) is 1. The number of morpholine rings is 1. The molecule has 6 heteroatoms. The molecule has 1 aliphatic heterocycles. The molecule has 0 aliphatic carbocycles. The van der Waals surface area contributed by atoms with Crippen LogP contribution in [0.1, 0.15) is 22.3 Å². The van der Waals surface area contributed by atoms with Crippen LogP contribution in [0, 0.1) is 6.92 Å². The molecule has 21 heavy (non-hydrogen) atoms. The Kier molecular flexibility index (Phi) is 5.20.